The van der Waals surface area contributed by atoms with Crippen molar-refractivity contribution >= 4 is 18.0 Å². The molecule has 0 heterocycles. The SMILES string of the molecule is CC(C)C(NC(=O)[C@@H]1CCC[C@H](NC(=O)OCC2c3ccccc3-c3ccccc32)C1)C(=O)O. The van der Waals surface area contributed by atoms with Gasteiger partial charge < -0.3 is 20.5 Å². The average molecular weight is 465 g/mol. The van der Waals surface area contributed by atoms with Gasteiger partial charge >= 0.3 is 12.1 Å². The highest BCUT2D eigenvalue weighted by molar-refractivity contribution is 5.85. The standard InChI is InChI=1S/C27H32N2O5/c1-16(2)24(26(31)32)29-25(30)17-8-7-9-18(14-17)28-27(33)34-15-23-21-12-5-3-10-19(21)20-11-4-6-13-22(20)23/h3-6,10-13,16-18,23-24H,7-9,14-15H2,1-2H3,(H,28,33)(H,29,30)(H,31,32)/t17-,18+,24?/m1/s1. The van der Waals surface area contributed by atoms with E-state index in [1.54, 1.807) is 13.8 Å². The third kappa shape index (κ3) is 5.08. The van der Waals surface area contributed by atoms with Gasteiger partial charge in [-0.2, -0.15) is 0 Å². The second-order valence-corrected chi connectivity index (χ2v) is 9.60. The predicted octanol–water partition coefficient (Wildman–Crippen LogP) is 4.31. The van der Waals surface area contributed by atoms with Crippen LogP contribution >= 0.6 is 0 Å². The molecular formula is C27H32N2O5. The third-order valence-corrected chi connectivity index (χ3v) is 6.94. The zero-order valence-electron chi connectivity index (χ0n) is 19.6. The van der Waals surface area contributed by atoms with Gasteiger partial charge in [0.2, 0.25) is 5.91 Å². The van der Waals surface area contributed by atoms with Crippen molar-refractivity contribution in [1.29, 1.82) is 0 Å². The lowest BCUT2D eigenvalue weighted by Crippen LogP contribution is -2.49. The lowest BCUT2D eigenvalue weighted by molar-refractivity contribution is -0.144. The number of nitrogens with one attached hydrogen (secondary N) is 2. The summed E-state index contributed by atoms with van der Waals surface area (Å²) in [5.74, 6) is -1.84. The molecule has 0 bridgehead atoms. The summed E-state index contributed by atoms with van der Waals surface area (Å²) >= 11 is 0. The van der Waals surface area contributed by atoms with Crippen molar-refractivity contribution in [2.45, 2.75) is 57.5 Å². The molecule has 3 atom stereocenters. The molecule has 2 aliphatic rings. The molecule has 7 nitrogen and oxygen atoms in total. The van der Waals surface area contributed by atoms with Crippen LogP contribution in [0, 0.1) is 11.8 Å². The molecule has 1 fully saturated rings. The van der Waals surface area contributed by atoms with E-state index < -0.39 is 18.1 Å². The zero-order valence-corrected chi connectivity index (χ0v) is 19.6. The predicted molar refractivity (Wildman–Crippen MR) is 128 cm³/mol. The first-order valence-corrected chi connectivity index (χ1v) is 12.0. The van der Waals surface area contributed by atoms with Gasteiger partial charge in [0.05, 0.1) is 0 Å². The van der Waals surface area contributed by atoms with E-state index in [1.807, 2.05) is 24.3 Å². The number of hydrogen-bond donors (Lipinski definition) is 3. The highest BCUT2D eigenvalue weighted by Gasteiger charge is 2.33. The number of hydrogen-bond acceptors (Lipinski definition) is 4. The van der Waals surface area contributed by atoms with Crippen LogP contribution in [0.2, 0.25) is 0 Å². The van der Waals surface area contributed by atoms with Crippen LogP contribution < -0.4 is 10.6 Å². The van der Waals surface area contributed by atoms with E-state index >= 15 is 0 Å². The molecule has 2 amide bonds. The van der Waals surface area contributed by atoms with Crippen LogP contribution in [0.4, 0.5) is 4.79 Å². The molecule has 1 unspecified atom stereocenters. The van der Waals surface area contributed by atoms with E-state index in [4.69, 9.17) is 4.74 Å². The fraction of sp³-hybridized carbons (Fsp3) is 0.444. The average Bonchev–Trinajstić information content (AvgIpc) is 3.14. The van der Waals surface area contributed by atoms with Crippen LogP contribution in [0.5, 0.6) is 0 Å². The third-order valence-electron chi connectivity index (χ3n) is 6.94. The highest BCUT2D eigenvalue weighted by atomic mass is 16.5. The van der Waals surface area contributed by atoms with Gasteiger partial charge in [-0.25, -0.2) is 9.59 Å². The van der Waals surface area contributed by atoms with Crippen molar-refractivity contribution in [2.75, 3.05) is 6.61 Å². The van der Waals surface area contributed by atoms with Gasteiger partial charge in [-0.15, -0.1) is 0 Å². The number of fused-ring (bicyclic) bond motifs is 3. The fourth-order valence-electron chi connectivity index (χ4n) is 5.15. The van der Waals surface area contributed by atoms with Crippen LogP contribution in [0.3, 0.4) is 0 Å². The number of carbonyl (C=O) groups excluding carboxylic acids is 2. The van der Waals surface area contributed by atoms with E-state index in [0.29, 0.717) is 12.8 Å². The summed E-state index contributed by atoms with van der Waals surface area (Å²) in [6.45, 7) is 3.77. The molecule has 34 heavy (non-hydrogen) atoms. The van der Waals surface area contributed by atoms with Crippen LogP contribution in [-0.4, -0.2) is 41.8 Å². The van der Waals surface area contributed by atoms with E-state index in [2.05, 4.69) is 34.9 Å². The number of amides is 2. The molecule has 2 aromatic rings. The Kier molecular flexibility index (Phi) is 7.20. The van der Waals surface area contributed by atoms with Gasteiger partial charge in [0.15, 0.2) is 0 Å². The summed E-state index contributed by atoms with van der Waals surface area (Å²) < 4.78 is 5.64. The van der Waals surface area contributed by atoms with Crippen molar-refractivity contribution in [3.05, 3.63) is 59.7 Å². The van der Waals surface area contributed by atoms with Crippen LogP contribution in [0.15, 0.2) is 48.5 Å². The molecular weight excluding hydrogens is 432 g/mol. The first-order chi connectivity index (χ1) is 16.3. The van der Waals surface area contributed by atoms with Crippen molar-refractivity contribution in [2.24, 2.45) is 11.8 Å². The summed E-state index contributed by atoms with van der Waals surface area (Å²) in [7, 11) is 0. The van der Waals surface area contributed by atoms with Crippen LogP contribution in [0.25, 0.3) is 11.1 Å². The van der Waals surface area contributed by atoms with Crippen molar-refractivity contribution < 1.29 is 24.2 Å². The maximum Gasteiger partial charge on any atom is 0.407 e. The largest absolute Gasteiger partial charge is 0.480 e. The lowest BCUT2D eigenvalue weighted by Gasteiger charge is -2.30. The number of rotatable bonds is 7. The number of carboxylic acids is 1. The number of alkyl carbamates (subject to hydrolysis) is 1. The Morgan fingerprint density at radius 3 is 2.21 bits per heavy atom. The summed E-state index contributed by atoms with van der Waals surface area (Å²) in [4.78, 5) is 36.7. The second kappa shape index (κ2) is 10.3. The van der Waals surface area contributed by atoms with E-state index in [-0.39, 0.29) is 36.3 Å². The van der Waals surface area contributed by atoms with Gasteiger partial charge in [0.1, 0.15) is 12.6 Å². The molecule has 4 rings (SSSR count). The van der Waals surface area contributed by atoms with Gasteiger partial charge in [0, 0.05) is 17.9 Å². The van der Waals surface area contributed by atoms with Gasteiger partial charge in [0.25, 0.3) is 0 Å². The van der Waals surface area contributed by atoms with Crippen molar-refractivity contribution in [3.8, 4) is 11.1 Å². The van der Waals surface area contributed by atoms with Crippen LogP contribution in [-0.2, 0) is 14.3 Å². The first kappa shape index (κ1) is 23.8. The van der Waals surface area contributed by atoms with E-state index in [1.165, 1.54) is 11.1 Å². The molecule has 0 aliphatic heterocycles. The number of carbonyl (C=O) groups is 3. The molecule has 0 aromatic heterocycles. The Morgan fingerprint density at radius 2 is 1.62 bits per heavy atom. The van der Waals surface area contributed by atoms with E-state index in [0.717, 1.165) is 24.0 Å². The van der Waals surface area contributed by atoms with E-state index in [9.17, 15) is 19.5 Å². The minimum absolute atomic E-state index is 0.00739. The molecule has 0 saturated heterocycles. The molecule has 0 spiro atoms. The summed E-state index contributed by atoms with van der Waals surface area (Å²) in [5.41, 5.74) is 4.66. The minimum atomic E-state index is -1.03. The fourth-order valence-corrected chi connectivity index (χ4v) is 5.15. The molecule has 2 aliphatic carbocycles. The maximum atomic E-state index is 12.7. The van der Waals surface area contributed by atoms with Gasteiger partial charge in [-0.05, 0) is 47.4 Å². The topological polar surface area (TPSA) is 105 Å². The lowest BCUT2D eigenvalue weighted by atomic mass is 9.85. The molecule has 0 radical (unpaired) electrons. The smallest absolute Gasteiger partial charge is 0.407 e. The molecule has 7 heteroatoms. The highest BCUT2D eigenvalue weighted by Crippen LogP contribution is 2.44. The first-order valence-electron chi connectivity index (χ1n) is 12.0. The number of ether oxygens (including phenoxy) is 1. The Bertz CT molecular complexity index is 1020. The molecule has 3 N–H and O–H groups in total. The van der Waals surface area contributed by atoms with Gasteiger partial charge in [-0.1, -0.05) is 68.8 Å². The quantitative estimate of drug-likeness (QED) is 0.566. The number of aliphatic carboxylic acids is 1. The second-order valence-electron chi connectivity index (χ2n) is 9.60. The summed E-state index contributed by atoms with van der Waals surface area (Å²) in [6.07, 6.45) is 2.21. The van der Waals surface area contributed by atoms with Crippen LogP contribution in [0.1, 0.15) is 56.6 Å². The zero-order chi connectivity index (χ0) is 24.2. The number of benzene rings is 2. The Labute approximate surface area is 199 Å². The van der Waals surface area contributed by atoms with Crippen molar-refractivity contribution in [1.82, 2.24) is 10.6 Å². The summed E-state index contributed by atoms with van der Waals surface area (Å²) in [6, 6.07) is 15.3. The monoisotopic (exact) mass is 464 g/mol. The Balaban J connectivity index is 1.32. The molecule has 180 valence electrons. The normalized spacial score (nSPS) is 20.2. The van der Waals surface area contributed by atoms with Crippen molar-refractivity contribution in [3.63, 3.8) is 0 Å². The Morgan fingerprint density at radius 1 is 1.00 bits per heavy atom. The minimum Gasteiger partial charge on any atom is -0.480 e. The molecule has 2 aromatic carbocycles. The molecule has 1 saturated carbocycles. The Hall–Kier alpha value is -3.35. The maximum absolute atomic E-state index is 12.7. The summed E-state index contributed by atoms with van der Waals surface area (Å²) in [5, 5.41) is 14.9. The van der Waals surface area contributed by atoms with Gasteiger partial charge in [-0.3, -0.25) is 4.79 Å². The number of carboxylic acid groups (broad SMARTS) is 1.